The van der Waals surface area contributed by atoms with Crippen LogP contribution in [-0.4, -0.2) is 101 Å². The molecule has 0 bridgehead atoms. The lowest BCUT2D eigenvalue weighted by Crippen LogP contribution is -2.30. The molecule has 3 aliphatic rings. The quantitative estimate of drug-likeness (QED) is 0.0524. The Labute approximate surface area is 576 Å². The minimum absolute atomic E-state index is 0.0823. The fraction of sp³-hybridized carbons (Fsp3) is 0.219. The van der Waals surface area contributed by atoms with Gasteiger partial charge >= 0.3 is 15.5 Å². The molecule has 3 heterocycles. The molecule has 0 saturated heterocycles. The van der Waals surface area contributed by atoms with E-state index in [1.807, 2.05) is 78.9 Å². The van der Waals surface area contributed by atoms with E-state index < -0.39 is 60.7 Å². The molecule has 0 radical (unpaired) electrons. The number of nitrogens with zero attached hydrogens (tertiary/aromatic N) is 3. The molecular formula is C73H67F3N8O11S5. The van der Waals surface area contributed by atoms with Crippen LogP contribution in [0.5, 0.6) is 0 Å². The maximum absolute atomic E-state index is 12.9. The van der Waals surface area contributed by atoms with E-state index in [4.69, 9.17) is 15.1 Å². The molecular weight excluding hydrogens is 1380 g/mol. The Morgan fingerprint density at radius 3 is 1.12 bits per heavy atom. The molecule has 9 aromatic carbocycles. The van der Waals surface area contributed by atoms with Crippen molar-refractivity contribution in [2.45, 2.75) is 99.3 Å². The Kier molecular flexibility index (Phi) is 17.8. The van der Waals surface area contributed by atoms with Crippen molar-refractivity contribution in [2.24, 2.45) is 5.14 Å². The Morgan fingerprint density at radius 2 is 0.760 bits per heavy atom. The monoisotopic (exact) mass is 1450 g/mol. The first-order valence-electron chi connectivity index (χ1n) is 31.6. The van der Waals surface area contributed by atoms with Crippen molar-refractivity contribution in [1.29, 1.82) is 0 Å². The summed E-state index contributed by atoms with van der Waals surface area (Å²) in [5, 5.41) is 16.0. The van der Waals surface area contributed by atoms with E-state index in [0.717, 1.165) is 104 Å². The van der Waals surface area contributed by atoms with Gasteiger partial charge in [0.25, 0.3) is 0 Å². The van der Waals surface area contributed by atoms with E-state index in [-0.39, 0.29) is 39.1 Å². The number of para-hydroxylation sites is 1. The van der Waals surface area contributed by atoms with Crippen LogP contribution in [0.25, 0.3) is 66.5 Å². The second kappa shape index (κ2) is 25.7. The molecule has 0 spiro atoms. The molecule has 6 atom stereocenters. The standard InChI is InChI=1S/C26H26N2O3S.C24H20F3N3O4S2.C23H21N3O4S2/c1-26(2,29)22-7-5-4-6-19(22)17-10-13-23-24(14-17)28-25(27-23)21-15-20(21)16-8-11-18(12-9-16)32(3,30)31;1-35(31,32)16-9-6-14(7-10-16)18-13-19(18)23-28-21-11-8-15(12-22(21)29-23)17-4-2-3-5-20(17)30-36(33,34)24(25,26)27;1-31(27,28)16-9-6-14(7-10-16)18-13-19(18)23-25-20-11-8-15(12-21(20)26-23)17-4-2-3-5-22(17)32(24,29)30/h4-14,20-21,29H,15H2,1-3H3,(H,27,28);2-12,18-19,30H,13H2,1H3,(H,28,29);2-12,18-19H,13H2,1H3,(H,25,26)(H2,24,29,30). The summed E-state index contributed by atoms with van der Waals surface area (Å²) >= 11 is 0. The van der Waals surface area contributed by atoms with Gasteiger partial charge in [0.15, 0.2) is 29.5 Å². The first-order chi connectivity index (χ1) is 47.1. The second-order valence-electron chi connectivity index (χ2n) is 26.2. The van der Waals surface area contributed by atoms with Gasteiger partial charge in [-0.15, -0.1) is 0 Å². The van der Waals surface area contributed by atoms with Crippen LogP contribution in [-0.2, 0) is 55.2 Å². The maximum atomic E-state index is 12.9. The summed E-state index contributed by atoms with van der Waals surface area (Å²) in [6, 6.07) is 58.3. The van der Waals surface area contributed by atoms with E-state index in [0.29, 0.717) is 49.4 Å². The zero-order valence-corrected chi connectivity index (χ0v) is 58.3. The third-order valence-corrected chi connectivity index (χ3v) is 23.8. The number of alkyl halides is 3. The Morgan fingerprint density at radius 1 is 0.430 bits per heavy atom. The lowest BCUT2D eigenvalue weighted by molar-refractivity contribution is -0.0429. The van der Waals surface area contributed by atoms with Crippen molar-refractivity contribution in [3.8, 4) is 33.4 Å². The number of halogens is 3. The van der Waals surface area contributed by atoms with Crippen molar-refractivity contribution in [1.82, 2.24) is 29.9 Å². The molecule has 15 rings (SSSR count). The zero-order valence-electron chi connectivity index (χ0n) is 54.3. The Balaban J connectivity index is 0.000000135. The van der Waals surface area contributed by atoms with Crippen molar-refractivity contribution in [3.05, 3.63) is 240 Å². The molecule has 19 nitrogen and oxygen atoms in total. The van der Waals surface area contributed by atoms with Crippen LogP contribution < -0.4 is 9.86 Å². The van der Waals surface area contributed by atoms with Crippen LogP contribution in [0.3, 0.4) is 0 Å². The normalized spacial score (nSPS) is 18.6. The third kappa shape index (κ3) is 14.8. The third-order valence-electron chi connectivity index (χ3n) is 18.3. The summed E-state index contributed by atoms with van der Waals surface area (Å²) in [6.45, 7) is 3.60. The zero-order chi connectivity index (χ0) is 71.2. The Hall–Kier alpha value is -9.35. The molecule has 3 aliphatic carbocycles. The summed E-state index contributed by atoms with van der Waals surface area (Å²) in [5.74, 6) is 4.06. The lowest BCUT2D eigenvalue weighted by Gasteiger charge is -2.21. The number of sulfonamides is 2. The predicted octanol–water partition coefficient (Wildman–Crippen LogP) is 13.8. The number of primary sulfonamides is 1. The smallest absolute Gasteiger partial charge is 0.386 e. The number of imidazole rings is 3. The number of aromatic nitrogens is 6. The number of hydrogen-bond donors (Lipinski definition) is 6. The fourth-order valence-corrected chi connectivity index (χ4v) is 16.1. The largest absolute Gasteiger partial charge is 0.516 e. The topological polar surface area (TPSA) is 315 Å². The first-order valence-corrected chi connectivity index (χ1v) is 40.3. The number of benzene rings is 9. The van der Waals surface area contributed by atoms with Gasteiger partial charge in [0.1, 0.15) is 17.5 Å². The molecule has 0 aliphatic heterocycles. The van der Waals surface area contributed by atoms with Crippen LogP contribution in [0.15, 0.2) is 220 Å². The Bertz CT molecular complexity index is 5780. The van der Waals surface area contributed by atoms with E-state index in [2.05, 4.69) is 26.0 Å². The SMILES string of the molecule is CC(C)(O)c1ccccc1-c1ccc2nc(C3CC3c3ccc(S(C)(=O)=O)cc3)[nH]c2c1.CS(=O)(=O)c1ccc(C2CC2c2nc3ccc(-c4ccccc4NS(=O)(=O)C(F)(F)F)cc3[nH]2)cc1.CS(=O)(=O)c1ccc(C2CC2c2nc3ccc(-c4ccccc4S(N)(=O)=O)cc3[nH]2)cc1. The highest BCUT2D eigenvalue weighted by Gasteiger charge is 2.47. The number of aliphatic hydroxyl groups is 1. The number of H-pyrrole nitrogens is 3. The highest BCUT2D eigenvalue weighted by Crippen LogP contribution is 2.56. The minimum atomic E-state index is -5.57. The average Bonchev–Trinajstić information content (AvgIpc) is 1.60. The maximum Gasteiger partial charge on any atom is 0.516 e. The van der Waals surface area contributed by atoms with Crippen LogP contribution in [0, 0.1) is 0 Å². The molecule has 7 N–H and O–H groups in total. The minimum Gasteiger partial charge on any atom is -0.386 e. The molecule has 27 heteroatoms. The van der Waals surface area contributed by atoms with Crippen molar-refractivity contribution >= 4 is 88.3 Å². The molecule has 3 saturated carbocycles. The van der Waals surface area contributed by atoms with Gasteiger partial charge in [0.2, 0.25) is 10.0 Å². The van der Waals surface area contributed by atoms with Gasteiger partial charge in [0, 0.05) is 47.6 Å². The van der Waals surface area contributed by atoms with Gasteiger partial charge in [-0.25, -0.2) is 53.8 Å². The highest BCUT2D eigenvalue weighted by atomic mass is 32.2. The summed E-state index contributed by atoms with van der Waals surface area (Å²) in [7, 11) is -19.1. The number of hydrogen-bond acceptors (Lipinski definition) is 14. The van der Waals surface area contributed by atoms with E-state index in [1.54, 1.807) is 110 Å². The van der Waals surface area contributed by atoms with Gasteiger partial charge in [-0.2, -0.15) is 21.6 Å². The van der Waals surface area contributed by atoms with Gasteiger partial charge in [-0.1, -0.05) is 115 Å². The van der Waals surface area contributed by atoms with Gasteiger partial charge < -0.3 is 20.1 Å². The average molecular weight is 1450 g/mol. The van der Waals surface area contributed by atoms with Gasteiger partial charge in [-0.05, 0) is 180 Å². The molecule has 3 aromatic heterocycles. The summed E-state index contributed by atoms with van der Waals surface area (Å²) in [4.78, 5) is 25.3. The van der Waals surface area contributed by atoms with Crippen molar-refractivity contribution < 1.29 is 60.4 Å². The number of rotatable bonds is 16. The molecule has 516 valence electrons. The van der Waals surface area contributed by atoms with E-state index >= 15 is 0 Å². The molecule has 0 amide bonds. The summed E-state index contributed by atoms with van der Waals surface area (Å²) < 4.78 is 158. The first kappa shape index (κ1) is 69.1. The number of fused-ring (bicyclic) bond motifs is 3. The van der Waals surface area contributed by atoms with Crippen LogP contribution in [0.2, 0.25) is 0 Å². The molecule has 3 fully saturated rings. The number of aromatic amines is 3. The number of nitrogens with two attached hydrogens (primary N) is 1. The van der Waals surface area contributed by atoms with Crippen molar-refractivity contribution in [2.75, 3.05) is 23.5 Å². The van der Waals surface area contributed by atoms with Crippen LogP contribution >= 0.6 is 0 Å². The van der Waals surface area contributed by atoms with Crippen LogP contribution in [0.4, 0.5) is 18.9 Å². The fourth-order valence-electron chi connectivity index (χ4n) is 12.8. The summed E-state index contributed by atoms with van der Waals surface area (Å²) in [5.41, 5.74) is 6.55. The van der Waals surface area contributed by atoms with E-state index in [9.17, 15) is 60.4 Å². The van der Waals surface area contributed by atoms with Crippen molar-refractivity contribution in [3.63, 3.8) is 0 Å². The molecule has 100 heavy (non-hydrogen) atoms. The number of anilines is 1. The van der Waals surface area contributed by atoms with Gasteiger partial charge in [-0.3, -0.25) is 4.72 Å². The van der Waals surface area contributed by atoms with E-state index in [1.165, 1.54) is 36.8 Å². The summed E-state index contributed by atoms with van der Waals surface area (Å²) in [6.07, 6.45) is 6.35. The number of nitrogens with one attached hydrogen (secondary N) is 4. The highest BCUT2D eigenvalue weighted by molar-refractivity contribution is 7.93. The predicted molar refractivity (Wildman–Crippen MR) is 379 cm³/mol. The van der Waals surface area contributed by atoms with Gasteiger partial charge in [0.05, 0.1) is 64.0 Å². The molecule has 6 unspecified atom stereocenters. The van der Waals surface area contributed by atoms with Crippen LogP contribution in [0.1, 0.15) is 108 Å². The molecule has 12 aromatic rings. The lowest BCUT2D eigenvalue weighted by atomic mass is 9.89. The second-order valence-corrected chi connectivity index (χ2v) is 35.4. The number of sulfone groups is 3.